The summed E-state index contributed by atoms with van der Waals surface area (Å²) < 4.78 is 0. The van der Waals surface area contributed by atoms with Crippen LogP contribution in [0, 0.1) is 0 Å². The Balaban J connectivity index is 1.95. The fraction of sp³-hybridized carbons (Fsp3) is 0.167. The Morgan fingerprint density at radius 2 is 1.64 bits per heavy atom. The number of rotatable bonds is 5. The van der Waals surface area contributed by atoms with Crippen LogP contribution in [0.3, 0.4) is 0 Å². The molecule has 25 heavy (non-hydrogen) atoms. The molecule has 0 amide bonds. The standard InChI is InChI=1S/C24H25N/c1-4-9-19(10-5-2)20-15-17-22(18-16-20)25(3)24-14-8-12-21-11-6-7-13-23(21)24/h4,6-18H,5H2,1-3H3/b9-4-,19-10+. The quantitative estimate of drug-likeness (QED) is 0.457. The Hall–Kier alpha value is -2.80. The zero-order valence-corrected chi connectivity index (χ0v) is 15.2. The highest BCUT2D eigenvalue weighted by Crippen LogP contribution is 2.31. The van der Waals surface area contributed by atoms with Gasteiger partial charge < -0.3 is 4.90 Å². The maximum absolute atomic E-state index is 2.27. The average Bonchev–Trinajstić information content (AvgIpc) is 2.67. The van der Waals surface area contributed by atoms with Gasteiger partial charge in [0.25, 0.3) is 0 Å². The Kier molecular flexibility index (Phi) is 5.35. The number of allylic oxidation sites excluding steroid dienone is 4. The van der Waals surface area contributed by atoms with E-state index >= 15 is 0 Å². The third-order valence-corrected chi connectivity index (χ3v) is 4.49. The molecule has 3 aromatic rings. The lowest BCUT2D eigenvalue weighted by Gasteiger charge is -2.22. The lowest BCUT2D eigenvalue weighted by atomic mass is 10.0. The molecule has 0 saturated carbocycles. The summed E-state index contributed by atoms with van der Waals surface area (Å²) in [5.41, 5.74) is 4.96. The van der Waals surface area contributed by atoms with Gasteiger partial charge in [-0.05, 0) is 48.1 Å². The van der Waals surface area contributed by atoms with Crippen molar-refractivity contribution in [3.63, 3.8) is 0 Å². The second kappa shape index (κ2) is 7.85. The minimum atomic E-state index is 1.04. The maximum Gasteiger partial charge on any atom is 0.0487 e. The molecule has 0 N–H and O–H groups in total. The molecule has 0 aromatic heterocycles. The molecule has 126 valence electrons. The van der Waals surface area contributed by atoms with Crippen LogP contribution in [0.5, 0.6) is 0 Å². The molecular weight excluding hydrogens is 302 g/mol. The molecule has 0 radical (unpaired) electrons. The predicted octanol–water partition coefficient (Wildman–Crippen LogP) is 6.98. The molecule has 0 heterocycles. The van der Waals surface area contributed by atoms with Gasteiger partial charge in [0.1, 0.15) is 0 Å². The van der Waals surface area contributed by atoms with Crippen LogP contribution in [-0.4, -0.2) is 7.05 Å². The van der Waals surface area contributed by atoms with Crippen LogP contribution >= 0.6 is 0 Å². The summed E-state index contributed by atoms with van der Waals surface area (Å²) >= 11 is 0. The van der Waals surface area contributed by atoms with E-state index in [0.717, 1.165) is 6.42 Å². The van der Waals surface area contributed by atoms with Gasteiger partial charge in [-0.25, -0.2) is 0 Å². The Labute approximate surface area is 150 Å². The lowest BCUT2D eigenvalue weighted by Crippen LogP contribution is -2.09. The van der Waals surface area contributed by atoms with Crippen molar-refractivity contribution in [3.8, 4) is 0 Å². The maximum atomic E-state index is 2.27. The van der Waals surface area contributed by atoms with Crippen LogP contribution in [0.15, 0.2) is 85.0 Å². The lowest BCUT2D eigenvalue weighted by molar-refractivity contribution is 1.22. The van der Waals surface area contributed by atoms with Crippen LogP contribution in [0.4, 0.5) is 11.4 Å². The Morgan fingerprint density at radius 1 is 0.920 bits per heavy atom. The zero-order chi connectivity index (χ0) is 17.6. The Bertz CT molecular complexity index is 896. The summed E-state index contributed by atoms with van der Waals surface area (Å²) in [5.74, 6) is 0. The van der Waals surface area contributed by atoms with Crippen LogP contribution in [0.1, 0.15) is 25.8 Å². The predicted molar refractivity (Wildman–Crippen MR) is 112 cm³/mol. The van der Waals surface area contributed by atoms with Gasteiger partial charge in [-0.2, -0.15) is 0 Å². The highest BCUT2D eigenvalue weighted by Gasteiger charge is 2.08. The summed E-state index contributed by atoms with van der Waals surface area (Å²) in [5, 5.41) is 2.54. The molecule has 0 aliphatic rings. The van der Waals surface area contributed by atoms with Crippen molar-refractivity contribution in [2.75, 3.05) is 11.9 Å². The van der Waals surface area contributed by atoms with Crippen molar-refractivity contribution < 1.29 is 0 Å². The third-order valence-electron chi connectivity index (χ3n) is 4.49. The van der Waals surface area contributed by atoms with E-state index < -0.39 is 0 Å². The topological polar surface area (TPSA) is 3.24 Å². The van der Waals surface area contributed by atoms with Crippen LogP contribution in [0.2, 0.25) is 0 Å². The SMILES string of the molecule is C/C=C\C(=C/CC)c1ccc(N(C)c2cccc3ccccc23)cc1. The monoisotopic (exact) mass is 327 g/mol. The molecule has 0 unspecified atom stereocenters. The van der Waals surface area contributed by atoms with Gasteiger partial charge in [0, 0.05) is 23.8 Å². The second-order valence-electron chi connectivity index (χ2n) is 6.17. The first-order valence-electron chi connectivity index (χ1n) is 8.89. The normalized spacial score (nSPS) is 12.0. The molecule has 1 nitrogen and oxygen atoms in total. The van der Waals surface area contributed by atoms with E-state index in [0.29, 0.717) is 0 Å². The van der Waals surface area contributed by atoms with E-state index in [4.69, 9.17) is 0 Å². The molecule has 3 aromatic carbocycles. The summed E-state index contributed by atoms with van der Waals surface area (Å²) in [7, 11) is 2.13. The van der Waals surface area contributed by atoms with E-state index in [-0.39, 0.29) is 0 Å². The number of hydrogen-bond donors (Lipinski definition) is 0. The molecular formula is C24H25N. The first kappa shape index (κ1) is 17.0. The number of nitrogens with zero attached hydrogens (tertiary/aromatic N) is 1. The largest absolute Gasteiger partial charge is 0.344 e. The minimum absolute atomic E-state index is 1.04. The van der Waals surface area contributed by atoms with Crippen molar-refractivity contribution in [2.45, 2.75) is 20.3 Å². The molecule has 0 fully saturated rings. The van der Waals surface area contributed by atoms with Gasteiger partial charge >= 0.3 is 0 Å². The van der Waals surface area contributed by atoms with E-state index in [1.54, 1.807) is 0 Å². The zero-order valence-electron chi connectivity index (χ0n) is 15.2. The summed E-state index contributed by atoms with van der Waals surface area (Å²) in [4.78, 5) is 2.25. The van der Waals surface area contributed by atoms with Crippen molar-refractivity contribution in [1.29, 1.82) is 0 Å². The van der Waals surface area contributed by atoms with Crippen molar-refractivity contribution >= 4 is 27.7 Å². The van der Waals surface area contributed by atoms with Crippen LogP contribution in [0.25, 0.3) is 16.3 Å². The number of fused-ring (bicyclic) bond motifs is 1. The smallest absolute Gasteiger partial charge is 0.0487 e. The van der Waals surface area contributed by atoms with Gasteiger partial charge in [0.2, 0.25) is 0 Å². The molecule has 0 aliphatic heterocycles. The van der Waals surface area contributed by atoms with Gasteiger partial charge in [0.05, 0.1) is 0 Å². The fourth-order valence-corrected chi connectivity index (χ4v) is 3.20. The van der Waals surface area contributed by atoms with Crippen LogP contribution < -0.4 is 4.90 Å². The van der Waals surface area contributed by atoms with Crippen molar-refractivity contribution in [2.24, 2.45) is 0 Å². The molecule has 1 heteroatoms. The van der Waals surface area contributed by atoms with Crippen LogP contribution in [-0.2, 0) is 0 Å². The Morgan fingerprint density at radius 3 is 2.36 bits per heavy atom. The number of benzene rings is 3. The van der Waals surface area contributed by atoms with Crippen molar-refractivity contribution in [1.82, 2.24) is 0 Å². The highest BCUT2D eigenvalue weighted by molar-refractivity contribution is 5.96. The average molecular weight is 327 g/mol. The van der Waals surface area contributed by atoms with Gasteiger partial charge in [-0.1, -0.05) is 73.7 Å². The molecule has 0 aliphatic carbocycles. The van der Waals surface area contributed by atoms with Crippen molar-refractivity contribution in [3.05, 3.63) is 90.5 Å². The number of anilines is 2. The van der Waals surface area contributed by atoms with Gasteiger partial charge in [0.15, 0.2) is 0 Å². The first-order valence-corrected chi connectivity index (χ1v) is 8.89. The highest BCUT2D eigenvalue weighted by atomic mass is 15.1. The second-order valence-corrected chi connectivity index (χ2v) is 6.17. The molecule has 0 spiro atoms. The van der Waals surface area contributed by atoms with E-state index in [1.165, 1.54) is 33.3 Å². The van der Waals surface area contributed by atoms with E-state index in [2.05, 4.69) is 111 Å². The first-order chi connectivity index (χ1) is 12.2. The summed E-state index contributed by atoms with van der Waals surface area (Å²) in [6, 6.07) is 23.8. The molecule has 0 atom stereocenters. The minimum Gasteiger partial charge on any atom is -0.344 e. The van der Waals surface area contributed by atoms with E-state index in [1.807, 2.05) is 0 Å². The summed E-state index contributed by atoms with van der Waals surface area (Å²) in [6.45, 7) is 4.23. The molecule has 0 bridgehead atoms. The third kappa shape index (κ3) is 3.66. The molecule has 0 saturated heterocycles. The molecule has 3 rings (SSSR count). The fourth-order valence-electron chi connectivity index (χ4n) is 3.20. The van der Waals surface area contributed by atoms with E-state index in [9.17, 15) is 0 Å². The van der Waals surface area contributed by atoms with Gasteiger partial charge in [-0.3, -0.25) is 0 Å². The number of hydrogen-bond acceptors (Lipinski definition) is 1. The summed E-state index contributed by atoms with van der Waals surface area (Å²) in [6.07, 6.45) is 7.57. The van der Waals surface area contributed by atoms with Gasteiger partial charge in [-0.15, -0.1) is 0 Å².